The molecule has 0 saturated carbocycles. The standard InChI is InChI=1S/C19H20F2N2OS/c20-17-7-6-15(8-18(17)21)25-12-19(24)23-10-14(9-22)16(11-23)13-4-2-1-3-5-13/h1-8,14,16H,9-12,22H2/t14-,16+/m1/s1. The van der Waals surface area contributed by atoms with Crippen LogP contribution in [0.5, 0.6) is 0 Å². The zero-order valence-corrected chi connectivity index (χ0v) is 14.5. The molecule has 1 aliphatic rings. The van der Waals surface area contributed by atoms with Crippen molar-refractivity contribution in [1.29, 1.82) is 0 Å². The second-order valence-corrected chi connectivity index (χ2v) is 7.23. The maximum absolute atomic E-state index is 13.2. The smallest absolute Gasteiger partial charge is 0.232 e. The van der Waals surface area contributed by atoms with Gasteiger partial charge in [0.2, 0.25) is 5.91 Å². The Bertz CT molecular complexity index is 741. The minimum Gasteiger partial charge on any atom is -0.341 e. The maximum atomic E-state index is 13.2. The highest BCUT2D eigenvalue weighted by Gasteiger charge is 2.35. The summed E-state index contributed by atoms with van der Waals surface area (Å²) in [5.74, 6) is -1.11. The van der Waals surface area contributed by atoms with Crippen LogP contribution in [0.1, 0.15) is 11.5 Å². The van der Waals surface area contributed by atoms with Gasteiger partial charge in [-0.3, -0.25) is 4.79 Å². The third kappa shape index (κ3) is 4.19. The lowest BCUT2D eigenvalue weighted by Gasteiger charge is -2.16. The van der Waals surface area contributed by atoms with Gasteiger partial charge < -0.3 is 10.6 Å². The highest BCUT2D eigenvalue weighted by Crippen LogP contribution is 2.32. The number of thioether (sulfide) groups is 1. The maximum Gasteiger partial charge on any atom is 0.232 e. The SMILES string of the molecule is NC[C@@H]1CN(C(=O)CSc2ccc(F)c(F)c2)C[C@H]1c1ccccc1. The summed E-state index contributed by atoms with van der Waals surface area (Å²) in [6.07, 6.45) is 0. The van der Waals surface area contributed by atoms with Crippen LogP contribution in [0.2, 0.25) is 0 Å². The Morgan fingerprint density at radius 2 is 1.88 bits per heavy atom. The normalized spacial score (nSPS) is 20.0. The minimum atomic E-state index is -0.897. The average molecular weight is 362 g/mol. The Balaban J connectivity index is 1.61. The van der Waals surface area contributed by atoms with E-state index in [1.165, 1.54) is 23.4 Å². The van der Waals surface area contributed by atoms with Crippen molar-refractivity contribution >= 4 is 17.7 Å². The molecular formula is C19H20F2N2OS. The van der Waals surface area contributed by atoms with Gasteiger partial charge >= 0.3 is 0 Å². The summed E-state index contributed by atoms with van der Waals surface area (Å²) in [7, 11) is 0. The molecule has 1 amide bonds. The number of amides is 1. The van der Waals surface area contributed by atoms with Gasteiger partial charge in [0.05, 0.1) is 5.75 Å². The first-order chi connectivity index (χ1) is 12.1. The van der Waals surface area contributed by atoms with Crippen LogP contribution in [0.25, 0.3) is 0 Å². The molecule has 0 spiro atoms. The van der Waals surface area contributed by atoms with Gasteiger partial charge in [-0.25, -0.2) is 8.78 Å². The van der Waals surface area contributed by atoms with E-state index in [1.54, 1.807) is 0 Å². The summed E-state index contributed by atoms with van der Waals surface area (Å²) in [5, 5.41) is 0. The van der Waals surface area contributed by atoms with E-state index in [9.17, 15) is 13.6 Å². The highest BCUT2D eigenvalue weighted by atomic mass is 32.2. The monoisotopic (exact) mass is 362 g/mol. The molecule has 1 fully saturated rings. The quantitative estimate of drug-likeness (QED) is 0.831. The van der Waals surface area contributed by atoms with E-state index in [0.717, 1.165) is 12.1 Å². The molecule has 25 heavy (non-hydrogen) atoms. The molecule has 2 N–H and O–H groups in total. The van der Waals surface area contributed by atoms with E-state index in [-0.39, 0.29) is 23.5 Å². The third-order valence-electron chi connectivity index (χ3n) is 4.58. The summed E-state index contributed by atoms with van der Waals surface area (Å²) >= 11 is 1.21. The van der Waals surface area contributed by atoms with E-state index in [4.69, 9.17) is 5.73 Å². The molecule has 1 aliphatic heterocycles. The average Bonchev–Trinajstić information content (AvgIpc) is 3.08. The van der Waals surface area contributed by atoms with Crippen LogP contribution in [0, 0.1) is 17.6 Å². The van der Waals surface area contributed by atoms with Crippen molar-refractivity contribution in [1.82, 2.24) is 4.90 Å². The molecule has 0 unspecified atom stereocenters. The zero-order chi connectivity index (χ0) is 17.8. The number of nitrogens with two attached hydrogens (primary N) is 1. The molecule has 3 nitrogen and oxygen atoms in total. The topological polar surface area (TPSA) is 46.3 Å². The number of likely N-dealkylation sites (tertiary alicyclic amines) is 1. The van der Waals surface area contributed by atoms with Crippen molar-refractivity contribution < 1.29 is 13.6 Å². The predicted octanol–water partition coefficient (Wildman–Crippen LogP) is 3.26. The Hall–Kier alpha value is -1.92. The van der Waals surface area contributed by atoms with E-state index >= 15 is 0 Å². The van der Waals surface area contributed by atoms with E-state index in [2.05, 4.69) is 12.1 Å². The van der Waals surface area contributed by atoms with E-state index < -0.39 is 11.6 Å². The lowest BCUT2D eigenvalue weighted by atomic mass is 9.89. The molecule has 0 aromatic heterocycles. The van der Waals surface area contributed by atoms with Crippen molar-refractivity contribution in [2.75, 3.05) is 25.4 Å². The zero-order valence-electron chi connectivity index (χ0n) is 13.7. The molecule has 0 radical (unpaired) electrons. The molecule has 1 saturated heterocycles. The van der Waals surface area contributed by atoms with Gasteiger partial charge in [0, 0.05) is 23.9 Å². The van der Waals surface area contributed by atoms with Gasteiger partial charge in [0.1, 0.15) is 0 Å². The molecule has 0 aliphatic carbocycles. The van der Waals surface area contributed by atoms with Gasteiger partial charge in [-0.1, -0.05) is 30.3 Å². The largest absolute Gasteiger partial charge is 0.341 e. The first kappa shape index (κ1) is 17.9. The first-order valence-corrected chi connectivity index (χ1v) is 9.17. The molecule has 3 rings (SSSR count). The number of hydrogen-bond acceptors (Lipinski definition) is 3. The lowest BCUT2D eigenvalue weighted by molar-refractivity contribution is -0.127. The number of rotatable bonds is 5. The summed E-state index contributed by atoms with van der Waals surface area (Å²) in [6.45, 7) is 1.80. The van der Waals surface area contributed by atoms with E-state index in [0.29, 0.717) is 24.5 Å². The fourth-order valence-corrected chi connectivity index (χ4v) is 4.02. The van der Waals surface area contributed by atoms with Crippen molar-refractivity contribution in [3.8, 4) is 0 Å². The highest BCUT2D eigenvalue weighted by molar-refractivity contribution is 8.00. The second-order valence-electron chi connectivity index (χ2n) is 6.18. The second kappa shape index (κ2) is 7.97. The fraction of sp³-hybridized carbons (Fsp3) is 0.316. The van der Waals surface area contributed by atoms with Crippen LogP contribution < -0.4 is 5.73 Å². The van der Waals surface area contributed by atoms with Crippen LogP contribution in [-0.4, -0.2) is 36.2 Å². The summed E-state index contributed by atoms with van der Waals surface area (Å²) in [6, 6.07) is 13.8. The fourth-order valence-electron chi connectivity index (χ4n) is 3.19. The number of carbonyl (C=O) groups is 1. The third-order valence-corrected chi connectivity index (χ3v) is 5.56. The van der Waals surface area contributed by atoms with Crippen molar-refractivity contribution in [3.63, 3.8) is 0 Å². The van der Waals surface area contributed by atoms with Crippen LogP contribution in [0.3, 0.4) is 0 Å². The molecular weight excluding hydrogens is 342 g/mol. The molecule has 2 aromatic rings. The van der Waals surface area contributed by atoms with Gasteiger partial charge in [0.15, 0.2) is 11.6 Å². The summed E-state index contributed by atoms with van der Waals surface area (Å²) in [5.41, 5.74) is 7.10. The first-order valence-electron chi connectivity index (χ1n) is 8.19. The molecule has 0 bridgehead atoms. The number of halogens is 2. The number of carbonyl (C=O) groups excluding carboxylic acids is 1. The minimum absolute atomic E-state index is 0.00776. The van der Waals surface area contributed by atoms with Crippen molar-refractivity contribution in [2.45, 2.75) is 10.8 Å². The molecule has 1 heterocycles. The van der Waals surface area contributed by atoms with Crippen LogP contribution in [0.4, 0.5) is 8.78 Å². The molecule has 2 aromatic carbocycles. The molecule has 2 atom stereocenters. The van der Waals surface area contributed by atoms with Gasteiger partial charge in [0.25, 0.3) is 0 Å². The van der Waals surface area contributed by atoms with Crippen LogP contribution in [0.15, 0.2) is 53.4 Å². The van der Waals surface area contributed by atoms with Gasteiger partial charge in [-0.2, -0.15) is 0 Å². The van der Waals surface area contributed by atoms with Crippen molar-refractivity contribution in [3.05, 3.63) is 65.7 Å². The molecule has 6 heteroatoms. The molecule has 132 valence electrons. The van der Waals surface area contributed by atoms with E-state index in [1.807, 2.05) is 23.1 Å². The Morgan fingerprint density at radius 3 is 2.56 bits per heavy atom. The Morgan fingerprint density at radius 1 is 1.12 bits per heavy atom. The number of nitrogens with zero attached hydrogens (tertiary/aromatic N) is 1. The van der Waals surface area contributed by atoms with Crippen LogP contribution in [-0.2, 0) is 4.79 Å². The summed E-state index contributed by atoms with van der Waals surface area (Å²) < 4.78 is 26.2. The van der Waals surface area contributed by atoms with Gasteiger partial charge in [-0.05, 0) is 36.2 Å². The Kier molecular flexibility index (Phi) is 5.71. The lowest BCUT2D eigenvalue weighted by Crippen LogP contribution is -2.31. The van der Waals surface area contributed by atoms with Crippen molar-refractivity contribution in [2.24, 2.45) is 11.7 Å². The summed E-state index contributed by atoms with van der Waals surface area (Å²) in [4.78, 5) is 14.9. The van der Waals surface area contributed by atoms with Gasteiger partial charge in [-0.15, -0.1) is 11.8 Å². The predicted molar refractivity (Wildman–Crippen MR) is 95.4 cm³/mol. The number of hydrogen-bond donors (Lipinski definition) is 1. The number of benzene rings is 2. The van der Waals surface area contributed by atoms with Crippen LogP contribution >= 0.6 is 11.8 Å². The Labute approximate surface area is 150 Å².